The zero-order valence-corrected chi connectivity index (χ0v) is 16.6. The molecule has 0 heterocycles. The standard InChI is InChI=1S/C18H40N.BrH/c1-7-9-13-19(14-10-8-2,15-11-17(3)4)16-12-18(5)6;/h17-18H,7-16H2,1-6H3;1H/q+1;/p-1. The van der Waals surface area contributed by atoms with Crippen molar-refractivity contribution in [2.24, 2.45) is 11.8 Å². The third kappa shape index (κ3) is 11.1. The lowest BCUT2D eigenvalue weighted by Gasteiger charge is -2.40. The quantitative estimate of drug-likeness (QED) is 0.475. The van der Waals surface area contributed by atoms with Gasteiger partial charge in [0.25, 0.3) is 0 Å². The summed E-state index contributed by atoms with van der Waals surface area (Å²) in [6, 6.07) is 0. The van der Waals surface area contributed by atoms with Gasteiger partial charge in [0, 0.05) is 0 Å². The molecule has 0 atom stereocenters. The van der Waals surface area contributed by atoms with Crippen LogP contribution in [-0.2, 0) is 0 Å². The zero-order valence-electron chi connectivity index (χ0n) is 15.1. The van der Waals surface area contributed by atoms with Crippen LogP contribution in [0.2, 0.25) is 0 Å². The van der Waals surface area contributed by atoms with Crippen LogP contribution < -0.4 is 17.0 Å². The maximum Gasteiger partial charge on any atom is 0.0789 e. The number of hydrogen-bond donors (Lipinski definition) is 0. The van der Waals surface area contributed by atoms with Gasteiger partial charge in [0.05, 0.1) is 26.2 Å². The van der Waals surface area contributed by atoms with Crippen LogP contribution in [0.15, 0.2) is 0 Å². The predicted octanol–water partition coefficient (Wildman–Crippen LogP) is 2.50. The Kier molecular flexibility index (Phi) is 14.9. The number of hydrogen-bond acceptors (Lipinski definition) is 0. The fourth-order valence-corrected chi connectivity index (χ4v) is 2.72. The van der Waals surface area contributed by atoms with Gasteiger partial charge < -0.3 is 21.5 Å². The summed E-state index contributed by atoms with van der Waals surface area (Å²) in [6.45, 7) is 19.8. The lowest BCUT2D eigenvalue weighted by Crippen LogP contribution is -3.00. The fraction of sp³-hybridized carbons (Fsp3) is 1.00. The van der Waals surface area contributed by atoms with Crippen LogP contribution in [0.25, 0.3) is 0 Å². The maximum absolute atomic E-state index is 2.37. The summed E-state index contributed by atoms with van der Waals surface area (Å²) in [6.07, 6.45) is 8.28. The van der Waals surface area contributed by atoms with Crippen molar-refractivity contribution >= 4 is 0 Å². The molecule has 0 aromatic heterocycles. The van der Waals surface area contributed by atoms with E-state index in [0.717, 1.165) is 11.8 Å². The smallest absolute Gasteiger partial charge is 0.0789 e. The van der Waals surface area contributed by atoms with E-state index >= 15 is 0 Å². The van der Waals surface area contributed by atoms with Gasteiger partial charge in [-0.3, -0.25) is 0 Å². The van der Waals surface area contributed by atoms with E-state index in [-0.39, 0.29) is 17.0 Å². The SMILES string of the molecule is CCCC[N+](CCCC)(CCC(C)C)CCC(C)C.[Br-]. The van der Waals surface area contributed by atoms with E-state index in [2.05, 4.69) is 41.5 Å². The average Bonchev–Trinajstić information content (AvgIpc) is 2.37. The molecule has 0 amide bonds. The lowest BCUT2D eigenvalue weighted by atomic mass is 10.0. The van der Waals surface area contributed by atoms with Crippen molar-refractivity contribution in [2.75, 3.05) is 26.2 Å². The van der Waals surface area contributed by atoms with Crippen LogP contribution in [0.1, 0.15) is 80.1 Å². The fourth-order valence-electron chi connectivity index (χ4n) is 2.72. The highest BCUT2D eigenvalue weighted by atomic mass is 79.9. The molecule has 0 unspecified atom stereocenters. The largest absolute Gasteiger partial charge is 1.00 e. The Hall–Kier alpha value is 0.440. The van der Waals surface area contributed by atoms with Crippen molar-refractivity contribution in [3.05, 3.63) is 0 Å². The lowest BCUT2D eigenvalue weighted by molar-refractivity contribution is -0.929. The molecule has 0 aliphatic carbocycles. The second kappa shape index (κ2) is 13.1. The molecule has 0 aromatic carbocycles. The van der Waals surface area contributed by atoms with Crippen LogP contribution in [0.3, 0.4) is 0 Å². The molecule has 0 aliphatic rings. The first kappa shape index (κ1) is 22.7. The van der Waals surface area contributed by atoms with Crippen LogP contribution in [0.4, 0.5) is 0 Å². The number of halogens is 1. The minimum absolute atomic E-state index is 0. The highest BCUT2D eigenvalue weighted by Crippen LogP contribution is 2.19. The maximum atomic E-state index is 2.37. The van der Waals surface area contributed by atoms with E-state index in [9.17, 15) is 0 Å². The average molecular weight is 350 g/mol. The van der Waals surface area contributed by atoms with E-state index < -0.39 is 0 Å². The van der Waals surface area contributed by atoms with Crippen molar-refractivity contribution in [3.63, 3.8) is 0 Å². The van der Waals surface area contributed by atoms with Crippen molar-refractivity contribution < 1.29 is 21.5 Å². The minimum Gasteiger partial charge on any atom is -1.00 e. The van der Waals surface area contributed by atoms with Gasteiger partial charge in [0.2, 0.25) is 0 Å². The molecule has 0 spiro atoms. The summed E-state index contributed by atoms with van der Waals surface area (Å²) in [5.41, 5.74) is 0. The first-order chi connectivity index (χ1) is 8.95. The number of rotatable bonds is 12. The highest BCUT2D eigenvalue weighted by Gasteiger charge is 2.26. The van der Waals surface area contributed by atoms with Crippen LogP contribution >= 0.6 is 0 Å². The Morgan fingerprint density at radius 1 is 0.650 bits per heavy atom. The monoisotopic (exact) mass is 349 g/mol. The van der Waals surface area contributed by atoms with Crippen molar-refractivity contribution in [1.82, 2.24) is 0 Å². The Labute approximate surface area is 139 Å². The molecular weight excluding hydrogens is 310 g/mol. The Morgan fingerprint density at radius 3 is 1.25 bits per heavy atom. The molecule has 20 heavy (non-hydrogen) atoms. The molecule has 0 rings (SSSR count). The van der Waals surface area contributed by atoms with Gasteiger partial charge in [0.1, 0.15) is 0 Å². The minimum atomic E-state index is 0. The van der Waals surface area contributed by atoms with Crippen LogP contribution in [0, 0.1) is 11.8 Å². The van der Waals surface area contributed by atoms with Gasteiger partial charge in [0.15, 0.2) is 0 Å². The molecule has 0 fully saturated rings. The molecule has 0 saturated heterocycles. The summed E-state index contributed by atoms with van der Waals surface area (Å²) in [5.74, 6) is 1.69. The number of quaternary nitrogens is 1. The predicted molar refractivity (Wildman–Crippen MR) is 88.5 cm³/mol. The van der Waals surface area contributed by atoms with Gasteiger partial charge in [-0.1, -0.05) is 54.4 Å². The van der Waals surface area contributed by atoms with Gasteiger partial charge >= 0.3 is 0 Å². The van der Waals surface area contributed by atoms with Gasteiger partial charge in [-0.05, 0) is 37.5 Å². The van der Waals surface area contributed by atoms with E-state index in [1.54, 1.807) is 0 Å². The summed E-state index contributed by atoms with van der Waals surface area (Å²) in [4.78, 5) is 0. The molecular formula is C18H40BrN. The number of nitrogens with zero attached hydrogens (tertiary/aromatic N) is 1. The molecule has 0 N–H and O–H groups in total. The van der Waals surface area contributed by atoms with Crippen LogP contribution in [0.5, 0.6) is 0 Å². The first-order valence-electron chi connectivity index (χ1n) is 8.81. The third-order valence-electron chi connectivity index (χ3n) is 4.33. The molecule has 0 aliphatic heterocycles. The molecule has 0 bridgehead atoms. The first-order valence-corrected chi connectivity index (χ1v) is 8.81. The summed E-state index contributed by atoms with van der Waals surface area (Å²) in [7, 11) is 0. The molecule has 124 valence electrons. The molecule has 0 radical (unpaired) electrons. The second-order valence-corrected chi connectivity index (χ2v) is 7.31. The Balaban J connectivity index is 0. The van der Waals surface area contributed by atoms with Crippen LogP contribution in [-0.4, -0.2) is 30.7 Å². The molecule has 1 nitrogen and oxygen atoms in total. The molecule has 2 heteroatoms. The van der Waals surface area contributed by atoms with E-state index in [4.69, 9.17) is 0 Å². The summed E-state index contributed by atoms with van der Waals surface area (Å²) >= 11 is 0. The van der Waals surface area contributed by atoms with E-state index in [0.29, 0.717) is 0 Å². The summed E-state index contributed by atoms with van der Waals surface area (Å²) < 4.78 is 1.40. The van der Waals surface area contributed by atoms with Crippen molar-refractivity contribution in [1.29, 1.82) is 0 Å². The van der Waals surface area contributed by atoms with Crippen molar-refractivity contribution in [2.45, 2.75) is 80.1 Å². The van der Waals surface area contributed by atoms with Gasteiger partial charge in [-0.2, -0.15) is 0 Å². The third-order valence-corrected chi connectivity index (χ3v) is 4.33. The second-order valence-electron chi connectivity index (χ2n) is 7.31. The molecule has 0 aromatic rings. The normalized spacial score (nSPS) is 12.0. The van der Waals surface area contributed by atoms with Crippen molar-refractivity contribution in [3.8, 4) is 0 Å². The Bertz CT molecular complexity index is 180. The van der Waals surface area contributed by atoms with E-state index in [1.807, 2.05) is 0 Å². The highest BCUT2D eigenvalue weighted by molar-refractivity contribution is 4.53. The topological polar surface area (TPSA) is 0 Å². The Morgan fingerprint density at radius 2 is 1.00 bits per heavy atom. The van der Waals surface area contributed by atoms with Gasteiger partial charge in [-0.25, -0.2) is 0 Å². The zero-order chi connectivity index (χ0) is 14.7. The number of unbranched alkanes of at least 4 members (excludes halogenated alkanes) is 2. The molecule has 0 saturated carbocycles. The van der Waals surface area contributed by atoms with E-state index in [1.165, 1.54) is 69.2 Å². The summed E-state index contributed by atoms with van der Waals surface area (Å²) in [5, 5.41) is 0. The van der Waals surface area contributed by atoms with Gasteiger partial charge in [-0.15, -0.1) is 0 Å².